The number of benzene rings is 2. The molecule has 2 aromatic carbocycles. The third-order valence-corrected chi connectivity index (χ3v) is 4.62. The number of fused-ring (bicyclic) bond motifs is 1. The summed E-state index contributed by atoms with van der Waals surface area (Å²) in [6.45, 7) is 1.44. The number of carbonyl (C=O) groups is 4. The first-order chi connectivity index (χ1) is 13.8. The van der Waals surface area contributed by atoms with Crippen LogP contribution in [0.2, 0.25) is 0 Å². The van der Waals surface area contributed by atoms with Gasteiger partial charge in [-0.25, -0.2) is 9.59 Å². The molecule has 1 heterocycles. The van der Waals surface area contributed by atoms with E-state index in [2.05, 4.69) is 0 Å². The summed E-state index contributed by atoms with van der Waals surface area (Å²) in [5.41, 5.74) is 1.65. The van der Waals surface area contributed by atoms with Crippen molar-refractivity contribution in [2.45, 2.75) is 6.92 Å². The van der Waals surface area contributed by atoms with E-state index >= 15 is 0 Å². The molecule has 0 fully saturated rings. The lowest BCUT2D eigenvalue weighted by Gasteiger charge is -2.11. The van der Waals surface area contributed by atoms with Gasteiger partial charge >= 0.3 is 12.0 Å². The van der Waals surface area contributed by atoms with Crippen molar-refractivity contribution in [2.75, 3.05) is 21.2 Å². The summed E-state index contributed by atoms with van der Waals surface area (Å²) >= 11 is 0. The van der Waals surface area contributed by atoms with Gasteiger partial charge in [0.05, 0.1) is 18.2 Å². The predicted octanol–water partition coefficient (Wildman–Crippen LogP) is 3.39. The zero-order valence-corrected chi connectivity index (χ0v) is 16.6. The second-order valence-corrected chi connectivity index (χ2v) is 6.74. The highest BCUT2D eigenvalue weighted by Crippen LogP contribution is 2.28. The number of amides is 1. The molecule has 7 heteroatoms. The van der Waals surface area contributed by atoms with Crippen molar-refractivity contribution < 1.29 is 23.9 Å². The molecular formula is C22H20N2O5. The lowest BCUT2D eigenvalue weighted by molar-refractivity contribution is 0.0602. The summed E-state index contributed by atoms with van der Waals surface area (Å²) in [7, 11) is 4.45. The van der Waals surface area contributed by atoms with Crippen LogP contribution in [-0.4, -0.2) is 54.2 Å². The molecule has 0 atom stereocenters. The molecule has 0 aliphatic carbocycles. The number of ketones is 2. The van der Waals surface area contributed by atoms with Crippen LogP contribution in [0.4, 0.5) is 4.79 Å². The Balaban J connectivity index is 2.25. The maximum atomic E-state index is 13.2. The van der Waals surface area contributed by atoms with Gasteiger partial charge in [-0.2, -0.15) is 0 Å². The molecule has 0 aliphatic heterocycles. The Kier molecular flexibility index (Phi) is 5.32. The lowest BCUT2D eigenvalue weighted by Crippen LogP contribution is -2.26. The smallest absolute Gasteiger partial charge is 0.338 e. The number of methoxy groups -OCH3 is 1. The van der Waals surface area contributed by atoms with Crippen LogP contribution in [-0.2, 0) is 4.74 Å². The second kappa shape index (κ2) is 7.71. The standard InChI is InChI=1S/C22H20N2O5/c1-13(25)14-8-10-15(11-9-14)20(26)17-12-24(22(28)23(2)3)18-7-5-6-16(19(17)18)21(27)29-4/h5-12H,1-4H3. The van der Waals surface area contributed by atoms with Crippen LogP contribution in [0.5, 0.6) is 0 Å². The minimum atomic E-state index is -0.605. The number of hydrogen-bond acceptors (Lipinski definition) is 5. The largest absolute Gasteiger partial charge is 0.465 e. The van der Waals surface area contributed by atoms with Gasteiger partial charge in [0, 0.05) is 42.4 Å². The molecule has 0 spiro atoms. The van der Waals surface area contributed by atoms with Crippen molar-refractivity contribution in [1.82, 2.24) is 9.47 Å². The quantitative estimate of drug-likeness (QED) is 0.502. The number of carbonyl (C=O) groups excluding carboxylic acids is 4. The van der Waals surface area contributed by atoms with Gasteiger partial charge in [0.1, 0.15) is 0 Å². The maximum Gasteiger partial charge on any atom is 0.338 e. The highest BCUT2D eigenvalue weighted by Gasteiger charge is 2.25. The first kappa shape index (κ1) is 20.0. The third-order valence-electron chi connectivity index (χ3n) is 4.62. The van der Waals surface area contributed by atoms with E-state index in [0.29, 0.717) is 22.0 Å². The maximum absolute atomic E-state index is 13.2. The summed E-state index contributed by atoms with van der Waals surface area (Å²) in [5.74, 6) is -1.08. The van der Waals surface area contributed by atoms with Crippen LogP contribution < -0.4 is 0 Å². The van der Waals surface area contributed by atoms with Gasteiger partial charge in [0.2, 0.25) is 0 Å². The molecule has 0 saturated carbocycles. The number of Topliss-reactive ketones (excluding diaryl/α,β-unsaturated/α-hetero) is 1. The van der Waals surface area contributed by atoms with E-state index in [-0.39, 0.29) is 28.7 Å². The number of ether oxygens (including phenoxy) is 1. The summed E-state index contributed by atoms with van der Waals surface area (Å²) in [5, 5.41) is 0.343. The molecule has 3 rings (SSSR count). The molecular weight excluding hydrogens is 372 g/mol. The van der Waals surface area contributed by atoms with Crippen LogP contribution in [0.3, 0.4) is 0 Å². The fraction of sp³-hybridized carbons (Fsp3) is 0.182. The van der Waals surface area contributed by atoms with Crippen molar-refractivity contribution >= 4 is 34.5 Å². The fourth-order valence-electron chi connectivity index (χ4n) is 3.12. The SMILES string of the molecule is COC(=O)c1cccc2c1c(C(=O)c1ccc(C(C)=O)cc1)cn2C(=O)N(C)C. The lowest BCUT2D eigenvalue weighted by atomic mass is 9.98. The Hall–Kier alpha value is -3.74. The topological polar surface area (TPSA) is 85.7 Å². The van der Waals surface area contributed by atoms with E-state index in [1.165, 1.54) is 29.7 Å². The molecule has 0 unspecified atom stereocenters. The summed E-state index contributed by atoms with van der Waals surface area (Å²) < 4.78 is 6.18. The van der Waals surface area contributed by atoms with Crippen molar-refractivity contribution in [1.29, 1.82) is 0 Å². The molecule has 0 radical (unpaired) electrons. The van der Waals surface area contributed by atoms with Crippen LogP contribution in [0, 0.1) is 0 Å². The molecule has 1 aromatic heterocycles. The van der Waals surface area contributed by atoms with E-state index in [9.17, 15) is 19.2 Å². The van der Waals surface area contributed by atoms with E-state index < -0.39 is 5.97 Å². The zero-order chi connectivity index (χ0) is 21.3. The van der Waals surface area contributed by atoms with E-state index in [1.54, 1.807) is 56.6 Å². The molecule has 3 aromatic rings. The van der Waals surface area contributed by atoms with Gasteiger partial charge in [-0.1, -0.05) is 30.3 Å². The molecule has 29 heavy (non-hydrogen) atoms. The molecule has 7 nitrogen and oxygen atoms in total. The average Bonchev–Trinajstić information content (AvgIpc) is 3.11. The Bertz CT molecular complexity index is 1140. The van der Waals surface area contributed by atoms with Crippen LogP contribution >= 0.6 is 0 Å². The molecule has 0 aliphatic rings. The molecule has 0 N–H and O–H groups in total. The second-order valence-electron chi connectivity index (χ2n) is 6.74. The van der Waals surface area contributed by atoms with Crippen molar-refractivity contribution in [2.24, 2.45) is 0 Å². The normalized spacial score (nSPS) is 10.6. The fourth-order valence-corrected chi connectivity index (χ4v) is 3.12. The van der Waals surface area contributed by atoms with Crippen molar-refractivity contribution in [3.05, 3.63) is 70.9 Å². The van der Waals surface area contributed by atoms with Crippen LogP contribution in [0.15, 0.2) is 48.7 Å². The van der Waals surface area contributed by atoms with Gasteiger partial charge in [0.25, 0.3) is 0 Å². The number of hydrogen-bond donors (Lipinski definition) is 0. The Morgan fingerprint density at radius 3 is 2.07 bits per heavy atom. The summed E-state index contributed by atoms with van der Waals surface area (Å²) in [6.07, 6.45) is 1.43. The Labute approximate surface area is 167 Å². The van der Waals surface area contributed by atoms with Crippen LogP contribution in [0.25, 0.3) is 10.9 Å². The van der Waals surface area contributed by atoms with Crippen LogP contribution in [0.1, 0.15) is 43.6 Å². The third kappa shape index (κ3) is 3.54. The number of aromatic nitrogens is 1. The highest BCUT2D eigenvalue weighted by atomic mass is 16.5. The highest BCUT2D eigenvalue weighted by molar-refractivity contribution is 6.21. The van der Waals surface area contributed by atoms with Gasteiger partial charge in [-0.05, 0) is 19.1 Å². The van der Waals surface area contributed by atoms with Gasteiger partial charge in [-0.3, -0.25) is 14.2 Å². The van der Waals surface area contributed by atoms with Crippen molar-refractivity contribution in [3.8, 4) is 0 Å². The number of nitrogens with zero attached hydrogens (tertiary/aromatic N) is 2. The monoisotopic (exact) mass is 392 g/mol. The molecule has 1 amide bonds. The Morgan fingerprint density at radius 2 is 1.52 bits per heavy atom. The number of esters is 1. The summed E-state index contributed by atoms with van der Waals surface area (Å²) in [4.78, 5) is 51.0. The zero-order valence-electron chi connectivity index (χ0n) is 16.6. The Morgan fingerprint density at radius 1 is 0.897 bits per heavy atom. The van der Waals surface area contributed by atoms with Gasteiger partial charge in [0.15, 0.2) is 11.6 Å². The molecule has 148 valence electrons. The average molecular weight is 392 g/mol. The first-order valence-electron chi connectivity index (χ1n) is 8.86. The summed E-state index contributed by atoms with van der Waals surface area (Å²) in [6, 6.07) is 10.7. The molecule has 0 saturated heterocycles. The minimum Gasteiger partial charge on any atom is -0.465 e. The predicted molar refractivity (Wildman–Crippen MR) is 108 cm³/mol. The van der Waals surface area contributed by atoms with E-state index in [4.69, 9.17) is 4.74 Å². The minimum absolute atomic E-state index is 0.106. The molecule has 0 bridgehead atoms. The first-order valence-corrected chi connectivity index (χ1v) is 8.86. The van der Waals surface area contributed by atoms with E-state index in [0.717, 1.165) is 0 Å². The number of rotatable bonds is 4. The van der Waals surface area contributed by atoms with E-state index in [1.807, 2.05) is 0 Å². The van der Waals surface area contributed by atoms with Crippen molar-refractivity contribution in [3.63, 3.8) is 0 Å². The van der Waals surface area contributed by atoms with Gasteiger partial charge in [-0.15, -0.1) is 0 Å². The van der Waals surface area contributed by atoms with Gasteiger partial charge < -0.3 is 9.64 Å².